The van der Waals surface area contributed by atoms with E-state index in [2.05, 4.69) is 0 Å². The first-order valence-corrected chi connectivity index (χ1v) is 5.30. The number of carbonyl (C=O) groups is 2. The Morgan fingerprint density at radius 1 is 1.56 bits per heavy atom. The predicted molar refractivity (Wildman–Crippen MR) is 60.3 cm³/mol. The van der Waals surface area contributed by atoms with Crippen molar-refractivity contribution in [1.82, 2.24) is 4.57 Å². The van der Waals surface area contributed by atoms with Crippen LogP contribution in [0.25, 0.3) is 0 Å². The van der Waals surface area contributed by atoms with E-state index in [1.165, 1.54) is 7.11 Å². The van der Waals surface area contributed by atoms with Gasteiger partial charge in [0, 0.05) is 6.20 Å². The highest BCUT2D eigenvalue weighted by Gasteiger charge is 2.23. The molecule has 1 rings (SSSR count). The van der Waals surface area contributed by atoms with Crippen molar-refractivity contribution < 1.29 is 14.3 Å². The van der Waals surface area contributed by atoms with Crippen LogP contribution in [0.1, 0.15) is 36.8 Å². The molecule has 0 saturated carbocycles. The van der Waals surface area contributed by atoms with E-state index in [9.17, 15) is 9.59 Å². The van der Waals surface area contributed by atoms with Crippen molar-refractivity contribution in [1.29, 1.82) is 0 Å². The predicted octanol–water partition coefficient (Wildman–Crippen LogP) is 2.06. The largest absolute Gasteiger partial charge is 0.467 e. The second kappa shape index (κ2) is 5.49. The molecule has 4 heteroatoms. The fourth-order valence-corrected chi connectivity index (χ4v) is 1.70. The molecule has 0 aliphatic carbocycles. The molecule has 1 atom stereocenters. The van der Waals surface area contributed by atoms with Gasteiger partial charge in [-0.25, -0.2) is 4.79 Å². The van der Waals surface area contributed by atoms with Crippen molar-refractivity contribution in [2.24, 2.45) is 5.92 Å². The lowest BCUT2D eigenvalue weighted by Gasteiger charge is -2.19. The third kappa shape index (κ3) is 2.72. The van der Waals surface area contributed by atoms with Crippen molar-refractivity contribution in [3.05, 3.63) is 24.0 Å². The molecule has 0 spiro atoms. The number of aldehydes is 1. The molecule has 88 valence electrons. The minimum absolute atomic E-state index is 0.312. The van der Waals surface area contributed by atoms with Gasteiger partial charge in [0.1, 0.15) is 6.04 Å². The number of carbonyl (C=O) groups excluding carboxylic acids is 2. The molecule has 4 nitrogen and oxygen atoms in total. The maximum atomic E-state index is 11.7. The summed E-state index contributed by atoms with van der Waals surface area (Å²) in [6, 6.07) is 3.02. The fraction of sp³-hybridized carbons (Fsp3) is 0.500. The molecule has 1 heterocycles. The zero-order chi connectivity index (χ0) is 12.1. The van der Waals surface area contributed by atoms with E-state index >= 15 is 0 Å². The quantitative estimate of drug-likeness (QED) is 0.567. The zero-order valence-electron chi connectivity index (χ0n) is 9.84. The maximum Gasteiger partial charge on any atom is 0.328 e. The van der Waals surface area contributed by atoms with E-state index in [0.717, 1.165) is 6.29 Å². The number of esters is 1. The van der Waals surface area contributed by atoms with Crippen LogP contribution in [0.3, 0.4) is 0 Å². The lowest BCUT2D eigenvalue weighted by Crippen LogP contribution is -2.23. The van der Waals surface area contributed by atoms with Gasteiger partial charge in [-0.2, -0.15) is 0 Å². The number of rotatable bonds is 5. The molecule has 0 aliphatic rings. The van der Waals surface area contributed by atoms with Crippen LogP contribution >= 0.6 is 0 Å². The molecule has 0 bridgehead atoms. The zero-order valence-corrected chi connectivity index (χ0v) is 9.84. The maximum absolute atomic E-state index is 11.7. The van der Waals surface area contributed by atoms with Crippen LogP contribution in [0, 0.1) is 5.92 Å². The van der Waals surface area contributed by atoms with Crippen LogP contribution in [0.5, 0.6) is 0 Å². The Labute approximate surface area is 95.2 Å². The van der Waals surface area contributed by atoms with Gasteiger partial charge in [0.2, 0.25) is 0 Å². The summed E-state index contributed by atoms with van der Waals surface area (Å²) in [6.45, 7) is 4.06. The molecule has 16 heavy (non-hydrogen) atoms. The molecule has 0 N–H and O–H groups in total. The smallest absolute Gasteiger partial charge is 0.328 e. The normalized spacial score (nSPS) is 12.5. The van der Waals surface area contributed by atoms with Crippen molar-refractivity contribution in [2.45, 2.75) is 26.3 Å². The number of hydrogen-bond donors (Lipinski definition) is 0. The van der Waals surface area contributed by atoms with Crippen LogP contribution in [-0.4, -0.2) is 23.9 Å². The molecule has 0 amide bonds. The fourth-order valence-electron chi connectivity index (χ4n) is 1.70. The summed E-state index contributed by atoms with van der Waals surface area (Å²) in [4.78, 5) is 22.5. The Morgan fingerprint density at radius 2 is 2.25 bits per heavy atom. The average molecular weight is 223 g/mol. The highest BCUT2D eigenvalue weighted by molar-refractivity contribution is 5.78. The molecular formula is C12H17NO3. The Kier molecular flexibility index (Phi) is 4.28. The van der Waals surface area contributed by atoms with Gasteiger partial charge in [-0.3, -0.25) is 4.79 Å². The number of methoxy groups -OCH3 is 1. The Morgan fingerprint density at radius 3 is 2.75 bits per heavy atom. The second-order valence-electron chi connectivity index (χ2n) is 4.13. The van der Waals surface area contributed by atoms with E-state index < -0.39 is 6.04 Å². The van der Waals surface area contributed by atoms with Gasteiger partial charge in [0.05, 0.1) is 12.8 Å². The minimum Gasteiger partial charge on any atom is -0.467 e. The van der Waals surface area contributed by atoms with E-state index in [-0.39, 0.29) is 5.97 Å². The summed E-state index contributed by atoms with van der Waals surface area (Å²) in [7, 11) is 1.36. The number of hydrogen-bond acceptors (Lipinski definition) is 3. The molecule has 0 saturated heterocycles. The number of aromatic nitrogens is 1. The third-order valence-electron chi connectivity index (χ3n) is 2.44. The molecule has 0 aromatic carbocycles. The second-order valence-corrected chi connectivity index (χ2v) is 4.13. The summed E-state index contributed by atoms with van der Waals surface area (Å²) in [5.74, 6) is 0.0407. The SMILES string of the molecule is COC(=O)C(CC(C)C)n1cccc1C=O. The number of ether oxygens (including phenoxy) is 1. The van der Waals surface area contributed by atoms with Crippen molar-refractivity contribution >= 4 is 12.3 Å². The summed E-state index contributed by atoms with van der Waals surface area (Å²) in [5, 5.41) is 0. The molecule has 1 unspecified atom stereocenters. The molecule has 1 aromatic heterocycles. The van der Waals surface area contributed by atoms with E-state index in [0.29, 0.717) is 18.0 Å². The highest BCUT2D eigenvalue weighted by atomic mass is 16.5. The molecule has 0 radical (unpaired) electrons. The topological polar surface area (TPSA) is 48.3 Å². The summed E-state index contributed by atoms with van der Waals surface area (Å²) in [5.41, 5.74) is 0.496. The van der Waals surface area contributed by atoms with Crippen LogP contribution in [0.4, 0.5) is 0 Å². The first kappa shape index (κ1) is 12.5. The highest BCUT2D eigenvalue weighted by Crippen LogP contribution is 2.21. The van der Waals surface area contributed by atoms with Crippen molar-refractivity contribution in [3.63, 3.8) is 0 Å². The Hall–Kier alpha value is -1.58. The lowest BCUT2D eigenvalue weighted by atomic mass is 10.0. The molecular weight excluding hydrogens is 206 g/mol. The Bertz CT molecular complexity index is 368. The molecule has 1 aromatic rings. The average Bonchev–Trinajstić information content (AvgIpc) is 2.72. The molecule has 0 fully saturated rings. The van der Waals surface area contributed by atoms with Crippen LogP contribution in [0.2, 0.25) is 0 Å². The summed E-state index contributed by atoms with van der Waals surface area (Å²) < 4.78 is 6.43. The third-order valence-corrected chi connectivity index (χ3v) is 2.44. The van der Waals surface area contributed by atoms with Gasteiger partial charge in [0.25, 0.3) is 0 Å². The van der Waals surface area contributed by atoms with E-state index in [1.807, 2.05) is 13.8 Å². The van der Waals surface area contributed by atoms with Gasteiger partial charge in [-0.15, -0.1) is 0 Å². The van der Waals surface area contributed by atoms with Gasteiger partial charge < -0.3 is 9.30 Å². The molecule has 0 aliphatic heterocycles. The van der Waals surface area contributed by atoms with E-state index in [4.69, 9.17) is 4.74 Å². The minimum atomic E-state index is -0.416. The monoisotopic (exact) mass is 223 g/mol. The van der Waals surface area contributed by atoms with Gasteiger partial charge in [0.15, 0.2) is 6.29 Å². The number of nitrogens with zero attached hydrogens (tertiary/aromatic N) is 1. The Balaban J connectivity index is 3.00. The van der Waals surface area contributed by atoms with Gasteiger partial charge >= 0.3 is 5.97 Å². The first-order chi connectivity index (χ1) is 7.60. The van der Waals surface area contributed by atoms with Crippen molar-refractivity contribution in [2.75, 3.05) is 7.11 Å². The van der Waals surface area contributed by atoms with Gasteiger partial charge in [-0.05, 0) is 24.5 Å². The van der Waals surface area contributed by atoms with Crippen molar-refractivity contribution in [3.8, 4) is 0 Å². The summed E-state index contributed by atoms with van der Waals surface area (Å²) >= 11 is 0. The van der Waals surface area contributed by atoms with Crippen LogP contribution in [-0.2, 0) is 9.53 Å². The van der Waals surface area contributed by atoms with Crippen LogP contribution < -0.4 is 0 Å². The summed E-state index contributed by atoms with van der Waals surface area (Å²) in [6.07, 6.45) is 3.13. The standard InChI is InChI=1S/C12H17NO3/c1-9(2)7-11(12(15)16-3)13-6-4-5-10(13)8-14/h4-6,8-9,11H,7H2,1-3H3. The van der Waals surface area contributed by atoms with E-state index in [1.54, 1.807) is 22.9 Å². The lowest BCUT2D eigenvalue weighted by molar-refractivity contribution is -0.145. The van der Waals surface area contributed by atoms with Gasteiger partial charge in [-0.1, -0.05) is 13.8 Å². The van der Waals surface area contributed by atoms with Crippen LogP contribution in [0.15, 0.2) is 18.3 Å². The first-order valence-electron chi connectivity index (χ1n) is 5.30.